The Morgan fingerprint density at radius 1 is 1.18 bits per heavy atom. The molecule has 1 heterocycles. The Hall–Kier alpha value is -2.67. The Labute approximate surface area is 131 Å². The quantitative estimate of drug-likeness (QED) is 0.750. The molecule has 1 amide bonds. The highest BCUT2D eigenvalue weighted by molar-refractivity contribution is 7.98. The van der Waals surface area contributed by atoms with E-state index in [0.29, 0.717) is 5.56 Å². The fourth-order valence-electron chi connectivity index (χ4n) is 1.95. The van der Waals surface area contributed by atoms with Gasteiger partial charge in [-0.25, -0.2) is 4.68 Å². The number of anilines is 1. The van der Waals surface area contributed by atoms with Crippen LogP contribution in [0.5, 0.6) is 0 Å². The molecule has 3 aromatic rings. The topological polar surface area (TPSA) is 72.7 Å². The first-order valence-corrected chi connectivity index (χ1v) is 7.77. The molecule has 110 valence electrons. The number of thioether (sulfide) groups is 1. The van der Waals surface area contributed by atoms with Crippen LogP contribution in [0.15, 0.2) is 59.8 Å². The van der Waals surface area contributed by atoms with Crippen LogP contribution in [0.1, 0.15) is 10.4 Å². The molecular weight excluding hydrogens is 298 g/mol. The smallest absolute Gasteiger partial charge is 0.255 e. The lowest BCUT2D eigenvalue weighted by Gasteiger charge is -2.07. The van der Waals surface area contributed by atoms with E-state index in [9.17, 15) is 4.79 Å². The van der Waals surface area contributed by atoms with Crippen LogP contribution < -0.4 is 5.32 Å². The Bertz CT molecular complexity index is 771. The number of aromatic nitrogens is 4. The molecule has 0 bridgehead atoms. The SMILES string of the molecule is CSc1cccc(NC(=O)c2ccc(-n3cnnn3)cc2)c1. The molecule has 7 heteroatoms. The molecule has 0 spiro atoms. The molecule has 3 rings (SSSR count). The lowest BCUT2D eigenvalue weighted by atomic mass is 10.2. The van der Waals surface area contributed by atoms with Gasteiger partial charge < -0.3 is 5.32 Å². The van der Waals surface area contributed by atoms with Gasteiger partial charge >= 0.3 is 0 Å². The molecule has 0 radical (unpaired) electrons. The molecular formula is C15H13N5OS. The molecule has 0 saturated heterocycles. The van der Waals surface area contributed by atoms with Crippen molar-refractivity contribution in [2.75, 3.05) is 11.6 Å². The van der Waals surface area contributed by atoms with Gasteiger partial charge in [0.25, 0.3) is 5.91 Å². The summed E-state index contributed by atoms with van der Waals surface area (Å²) in [6, 6.07) is 14.8. The maximum atomic E-state index is 12.2. The zero-order chi connectivity index (χ0) is 15.4. The minimum Gasteiger partial charge on any atom is -0.322 e. The zero-order valence-electron chi connectivity index (χ0n) is 11.8. The van der Waals surface area contributed by atoms with E-state index in [1.165, 1.54) is 11.0 Å². The number of carbonyl (C=O) groups excluding carboxylic acids is 1. The molecule has 6 nitrogen and oxygen atoms in total. The van der Waals surface area contributed by atoms with Crippen molar-refractivity contribution < 1.29 is 4.79 Å². The van der Waals surface area contributed by atoms with Crippen LogP contribution in [0.2, 0.25) is 0 Å². The number of hydrogen-bond acceptors (Lipinski definition) is 5. The highest BCUT2D eigenvalue weighted by atomic mass is 32.2. The van der Waals surface area contributed by atoms with Gasteiger partial charge in [-0.1, -0.05) is 6.07 Å². The number of carbonyl (C=O) groups is 1. The molecule has 0 atom stereocenters. The van der Waals surface area contributed by atoms with E-state index in [2.05, 4.69) is 20.8 Å². The van der Waals surface area contributed by atoms with Crippen molar-refractivity contribution in [1.82, 2.24) is 20.2 Å². The summed E-state index contributed by atoms with van der Waals surface area (Å²) in [5, 5.41) is 13.8. The Kier molecular flexibility index (Phi) is 4.15. The van der Waals surface area contributed by atoms with Crippen LogP contribution in [0.4, 0.5) is 5.69 Å². The highest BCUT2D eigenvalue weighted by Gasteiger charge is 2.07. The molecule has 0 aliphatic heterocycles. The van der Waals surface area contributed by atoms with Crippen LogP contribution >= 0.6 is 11.8 Å². The van der Waals surface area contributed by atoms with Crippen molar-refractivity contribution in [1.29, 1.82) is 0 Å². The van der Waals surface area contributed by atoms with Gasteiger partial charge in [0.1, 0.15) is 6.33 Å². The van der Waals surface area contributed by atoms with Crippen molar-refractivity contribution in [2.45, 2.75) is 4.90 Å². The summed E-state index contributed by atoms with van der Waals surface area (Å²) in [5.74, 6) is -0.151. The van der Waals surface area contributed by atoms with Gasteiger partial charge in [0.2, 0.25) is 0 Å². The standard InChI is InChI=1S/C15H13N5OS/c1-22-14-4-2-3-12(9-14)17-15(21)11-5-7-13(8-6-11)20-10-16-18-19-20/h2-10H,1H3,(H,17,21). The number of hydrogen-bond donors (Lipinski definition) is 1. The number of benzene rings is 2. The Morgan fingerprint density at radius 3 is 2.68 bits per heavy atom. The third-order valence-corrected chi connectivity index (χ3v) is 3.80. The van der Waals surface area contributed by atoms with Crippen molar-refractivity contribution in [2.24, 2.45) is 0 Å². The lowest BCUT2D eigenvalue weighted by Crippen LogP contribution is -2.12. The van der Waals surface area contributed by atoms with Gasteiger partial charge in [-0.05, 0) is 59.1 Å². The van der Waals surface area contributed by atoms with Gasteiger partial charge in [-0.15, -0.1) is 16.9 Å². The Balaban J connectivity index is 1.74. The van der Waals surface area contributed by atoms with Crippen LogP contribution in [0.3, 0.4) is 0 Å². The van der Waals surface area contributed by atoms with Gasteiger partial charge in [0.05, 0.1) is 5.69 Å². The third-order valence-electron chi connectivity index (χ3n) is 3.07. The van der Waals surface area contributed by atoms with Crippen LogP contribution in [-0.4, -0.2) is 32.4 Å². The normalized spacial score (nSPS) is 10.4. The average Bonchev–Trinajstić information content (AvgIpc) is 3.09. The van der Waals surface area contributed by atoms with Crippen molar-refractivity contribution in [3.05, 3.63) is 60.4 Å². The maximum absolute atomic E-state index is 12.2. The largest absolute Gasteiger partial charge is 0.322 e. The summed E-state index contributed by atoms with van der Waals surface area (Å²) in [7, 11) is 0. The summed E-state index contributed by atoms with van der Waals surface area (Å²) >= 11 is 1.63. The summed E-state index contributed by atoms with van der Waals surface area (Å²) in [4.78, 5) is 13.4. The molecule has 0 saturated carbocycles. The van der Waals surface area contributed by atoms with Gasteiger partial charge in [0.15, 0.2) is 0 Å². The second-order valence-corrected chi connectivity index (χ2v) is 5.37. The minimum absolute atomic E-state index is 0.151. The lowest BCUT2D eigenvalue weighted by molar-refractivity contribution is 0.102. The zero-order valence-corrected chi connectivity index (χ0v) is 12.6. The second kappa shape index (κ2) is 6.40. The summed E-state index contributed by atoms with van der Waals surface area (Å²) in [6.45, 7) is 0. The van der Waals surface area contributed by atoms with Gasteiger partial charge in [-0.2, -0.15) is 0 Å². The van der Waals surface area contributed by atoms with E-state index in [0.717, 1.165) is 16.3 Å². The molecule has 1 N–H and O–H groups in total. The van der Waals surface area contributed by atoms with E-state index >= 15 is 0 Å². The first kappa shape index (κ1) is 14.3. The number of rotatable bonds is 4. The fraction of sp³-hybridized carbons (Fsp3) is 0.0667. The summed E-state index contributed by atoms with van der Waals surface area (Å²) in [5.41, 5.74) is 2.15. The van der Waals surface area contributed by atoms with Crippen molar-refractivity contribution >= 4 is 23.4 Å². The highest BCUT2D eigenvalue weighted by Crippen LogP contribution is 2.19. The molecule has 22 heavy (non-hydrogen) atoms. The van der Waals surface area contributed by atoms with E-state index in [1.807, 2.05) is 30.5 Å². The van der Waals surface area contributed by atoms with Crippen molar-refractivity contribution in [3.63, 3.8) is 0 Å². The van der Waals surface area contributed by atoms with E-state index < -0.39 is 0 Å². The number of nitrogens with zero attached hydrogens (tertiary/aromatic N) is 4. The molecule has 0 fully saturated rings. The first-order valence-electron chi connectivity index (χ1n) is 6.55. The van der Waals surface area contributed by atoms with Crippen LogP contribution in [0, 0.1) is 0 Å². The van der Waals surface area contributed by atoms with Crippen LogP contribution in [-0.2, 0) is 0 Å². The maximum Gasteiger partial charge on any atom is 0.255 e. The fourth-order valence-corrected chi connectivity index (χ4v) is 2.41. The predicted molar refractivity (Wildman–Crippen MR) is 85.3 cm³/mol. The first-order chi connectivity index (χ1) is 10.8. The monoisotopic (exact) mass is 311 g/mol. The molecule has 0 unspecified atom stereocenters. The molecule has 0 aliphatic rings. The third kappa shape index (κ3) is 3.15. The van der Waals surface area contributed by atoms with E-state index in [1.54, 1.807) is 36.0 Å². The summed E-state index contributed by atoms with van der Waals surface area (Å²) < 4.78 is 1.53. The Morgan fingerprint density at radius 2 is 2.00 bits per heavy atom. The molecule has 1 aromatic heterocycles. The number of tetrazole rings is 1. The predicted octanol–water partition coefficient (Wildman–Crippen LogP) is 2.64. The average molecular weight is 311 g/mol. The second-order valence-electron chi connectivity index (χ2n) is 4.49. The molecule has 2 aromatic carbocycles. The number of nitrogens with one attached hydrogen (secondary N) is 1. The minimum atomic E-state index is -0.151. The summed E-state index contributed by atoms with van der Waals surface area (Å²) in [6.07, 6.45) is 3.50. The van der Waals surface area contributed by atoms with Gasteiger partial charge in [0, 0.05) is 16.1 Å². The van der Waals surface area contributed by atoms with E-state index in [4.69, 9.17) is 0 Å². The molecule has 0 aliphatic carbocycles. The van der Waals surface area contributed by atoms with Crippen LogP contribution in [0.25, 0.3) is 5.69 Å². The van der Waals surface area contributed by atoms with Crippen molar-refractivity contribution in [3.8, 4) is 5.69 Å². The number of amides is 1. The van der Waals surface area contributed by atoms with E-state index in [-0.39, 0.29) is 5.91 Å². The van der Waals surface area contributed by atoms with Gasteiger partial charge in [-0.3, -0.25) is 4.79 Å².